The monoisotopic (exact) mass is 430 g/mol. The zero-order valence-electron chi connectivity index (χ0n) is 18.3. The van der Waals surface area contributed by atoms with Gasteiger partial charge in [-0.25, -0.2) is 4.98 Å². The van der Waals surface area contributed by atoms with E-state index in [9.17, 15) is 14.7 Å². The van der Waals surface area contributed by atoms with E-state index in [4.69, 9.17) is 14.2 Å². The number of rotatable bonds is 12. The minimum atomic E-state index is -1.33. The molecule has 0 spiro atoms. The van der Waals surface area contributed by atoms with Crippen LogP contribution in [0.5, 0.6) is 17.2 Å². The van der Waals surface area contributed by atoms with E-state index in [0.717, 1.165) is 18.6 Å². The number of aromatic hydroxyl groups is 1. The largest absolute Gasteiger partial charge is 0.503 e. The van der Waals surface area contributed by atoms with Gasteiger partial charge < -0.3 is 29.4 Å². The lowest BCUT2D eigenvalue weighted by molar-refractivity contribution is -0.117. The average Bonchev–Trinajstić information content (AvgIpc) is 2.77. The maximum atomic E-state index is 12.6. The van der Waals surface area contributed by atoms with Gasteiger partial charge in [0.05, 0.1) is 19.8 Å². The topological polar surface area (TPSA) is 107 Å². The zero-order chi connectivity index (χ0) is 22.9. The summed E-state index contributed by atoms with van der Waals surface area (Å²) < 4.78 is 17.0. The molecule has 1 amide bonds. The van der Waals surface area contributed by atoms with E-state index in [1.54, 1.807) is 6.92 Å². The number of nitrogens with zero attached hydrogens (tertiary/aromatic N) is 1. The molecule has 0 fully saturated rings. The number of aldehydes is 1. The number of hydrogen-bond acceptors (Lipinski definition) is 7. The van der Waals surface area contributed by atoms with Gasteiger partial charge in [-0.15, -0.1) is 0 Å². The number of aromatic nitrogens is 1. The quantitative estimate of drug-likeness (QED) is 0.498. The number of carbonyl (C=O) groups is 2. The normalized spacial score (nSPS) is 14.7. The number of pyridine rings is 1. The minimum Gasteiger partial charge on any atom is -0.503 e. The lowest BCUT2D eigenvalue weighted by Gasteiger charge is -2.30. The van der Waals surface area contributed by atoms with E-state index in [2.05, 4.69) is 10.3 Å². The van der Waals surface area contributed by atoms with Crippen molar-refractivity contribution in [3.05, 3.63) is 48.3 Å². The second-order valence-electron chi connectivity index (χ2n) is 7.47. The fraction of sp³-hybridized carbons (Fsp3) is 0.435. The molecule has 2 aromatic rings. The molecule has 0 unspecified atom stereocenters. The van der Waals surface area contributed by atoms with E-state index in [0.29, 0.717) is 6.29 Å². The lowest BCUT2D eigenvalue weighted by atomic mass is 10.0. The highest BCUT2D eigenvalue weighted by Crippen LogP contribution is 2.27. The van der Waals surface area contributed by atoms with Crippen LogP contribution < -0.4 is 14.8 Å². The van der Waals surface area contributed by atoms with E-state index in [1.165, 1.54) is 19.4 Å². The molecule has 8 nitrogen and oxygen atoms in total. The Morgan fingerprint density at radius 1 is 1.29 bits per heavy atom. The molecule has 8 heteroatoms. The fourth-order valence-corrected chi connectivity index (χ4v) is 2.99. The van der Waals surface area contributed by atoms with Crippen molar-refractivity contribution in [3.8, 4) is 17.2 Å². The Labute approximate surface area is 182 Å². The molecule has 168 valence electrons. The molecule has 0 aliphatic rings. The number of carbonyl (C=O) groups excluding carboxylic acids is 2. The molecule has 0 saturated heterocycles. The van der Waals surface area contributed by atoms with Crippen molar-refractivity contribution in [2.75, 3.05) is 13.7 Å². The van der Waals surface area contributed by atoms with E-state index >= 15 is 0 Å². The van der Waals surface area contributed by atoms with Crippen LogP contribution in [-0.2, 0) is 9.53 Å². The minimum absolute atomic E-state index is 0.0693. The van der Waals surface area contributed by atoms with Crippen LogP contribution in [0, 0.1) is 0 Å². The molecule has 1 heterocycles. The van der Waals surface area contributed by atoms with Gasteiger partial charge in [0.25, 0.3) is 5.91 Å². The first-order valence-corrected chi connectivity index (χ1v) is 10.2. The summed E-state index contributed by atoms with van der Waals surface area (Å²) >= 11 is 0. The van der Waals surface area contributed by atoms with Gasteiger partial charge in [0.1, 0.15) is 23.7 Å². The van der Waals surface area contributed by atoms with Gasteiger partial charge in [-0.2, -0.15) is 0 Å². The van der Waals surface area contributed by atoms with Crippen LogP contribution >= 0.6 is 0 Å². The first kappa shape index (κ1) is 24.1. The first-order valence-electron chi connectivity index (χ1n) is 10.2. The number of amides is 1. The number of nitrogens with one attached hydrogen (secondary N) is 1. The van der Waals surface area contributed by atoms with Gasteiger partial charge in [0.2, 0.25) is 0 Å². The molecule has 3 atom stereocenters. The summed E-state index contributed by atoms with van der Waals surface area (Å²) in [5.74, 6) is -0.273. The van der Waals surface area contributed by atoms with Crippen molar-refractivity contribution in [2.24, 2.45) is 0 Å². The molecule has 0 radical (unpaired) electrons. The van der Waals surface area contributed by atoms with Crippen molar-refractivity contribution >= 4 is 12.2 Å². The van der Waals surface area contributed by atoms with Gasteiger partial charge >= 0.3 is 0 Å². The molecule has 2 N–H and O–H groups in total. The number of benzene rings is 1. The van der Waals surface area contributed by atoms with E-state index in [1.807, 2.05) is 44.2 Å². The van der Waals surface area contributed by atoms with Gasteiger partial charge in [-0.1, -0.05) is 31.5 Å². The van der Waals surface area contributed by atoms with Crippen molar-refractivity contribution in [1.29, 1.82) is 0 Å². The second-order valence-corrected chi connectivity index (χ2v) is 7.47. The third-order valence-corrected chi connectivity index (χ3v) is 4.74. The first-order chi connectivity index (χ1) is 14.8. The molecule has 31 heavy (non-hydrogen) atoms. The van der Waals surface area contributed by atoms with Crippen LogP contribution in [0.2, 0.25) is 0 Å². The van der Waals surface area contributed by atoms with Crippen LogP contribution in [0.4, 0.5) is 0 Å². The lowest BCUT2D eigenvalue weighted by Crippen LogP contribution is -2.52. The third kappa shape index (κ3) is 6.68. The predicted octanol–water partition coefficient (Wildman–Crippen LogP) is 3.14. The Balaban J connectivity index is 2.06. The van der Waals surface area contributed by atoms with Gasteiger partial charge in [-0.05, 0) is 32.4 Å². The number of ether oxygens (including phenoxy) is 3. The fourth-order valence-electron chi connectivity index (χ4n) is 2.99. The molecule has 0 aliphatic heterocycles. The molecule has 2 rings (SSSR count). The Morgan fingerprint density at radius 3 is 2.61 bits per heavy atom. The Kier molecular flexibility index (Phi) is 8.81. The Morgan fingerprint density at radius 2 is 2.00 bits per heavy atom. The third-order valence-electron chi connectivity index (χ3n) is 4.74. The molecular weight excluding hydrogens is 400 g/mol. The predicted molar refractivity (Wildman–Crippen MR) is 116 cm³/mol. The summed E-state index contributed by atoms with van der Waals surface area (Å²) in [6.45, 7) is 5.41. The average molecular weight is 431 g/mol. The highest BCUT2D eigenvalue weighted by atomic mass is 16.5. The smallest absolute Gasteiger partial charge is 0.274 e. The van der Waals surface area contributed by atoms with Crippen LogP contribution in [0.1, 0.15) is 44.1 Å². The maximum Gasteiger partial charge on any atom is 0.274 e. The summed E-state index contributed by atoms with van der Waals surface area (Å²) in [7, 11) is 1.37. The molecule has 0 aliphatic carbocycles. The second kappa shape index (κ2) is 11.3. The van der Waals surface area contributed by atoms with E-state index < -0.39 is 17.2 Å². The van der Waals surface area contributed by atoms with Crippen molar-refractivity contribution in [3.63, 3.8) is 0 Å². The summed E-state index contributed by atoms with van der Waals surface area (Å²) in [6.07, 6.45) is 2.96. The van der Waals surface area contributed by atoms with Gasteiger partial charge in [0, 0.05) is 12.3 Å². The van der Waals surface area contributed by atoms with Crippen LogP contribution in [0.15, 0.2) is 42.6 Å². The van der Waals surface area contributed by atoms with Crippen molar-refractivity contribution < 1.29 is 28.9 Å². The van der Waals surface area contributed by atoms with Gasteiger partial charge in [-0.3, -0.25) is 4.79 Å². The Hall–Kier alpha value is -3.13. The van der Waals surface area contributed by atoms with Crippen LogP contribution in [0.3, 0.4) is 0 Å². The maximum absolute atomic E-state index is 12.6. The van der Waals surface area contributed by atoms with Crippen LogP contribution in [-0.4, -0.2) is 53.7 Å². The SMILES string of the molecule is CCC[C@@H](OC[C@@](C)(C=O)NC(=O)c1nccc(OC)c1O)[C@H](C)Oc1ccccc1. The summed E-state index contributed by atoms with van der Waals surface area (Å²) in [6, 6.07) is 10.8. The standard InChI is InChI=1S/C23H30N2O6/c1-5-9-18(16(2)31-17-10-7-6-8-11-17)30-15-23(3,14-26)25-22(28)20-21(27)19(29-4)12-13-24-20/h6-8,10-14,16,18,27H,5,9,15H2,1-4H3,(H,25,28)/t16-,18+,23+/m0/s1. The van der Waals surface area contributed by atoms with Gasteiger partial charge in [0.15, 0.2) is 17.2 Å². The number of hydrogen-bond donors (Lipinski definition) is 2. The molecule has 0 bridgehead atoms. The molecule has 1 aromatic carbocycles. The van der Waals surface area contributed by atoms with Crippen molar-refractivity contribution in [2.45, 2.75) is 51.4 Å². The summed E-state index contributed by atoms with van der Waals surface area (Å²) in [5, 5.41) is 12.7. The molecular formula is C23H30N2O6. The van der Waals surface area contributed by atoms with Crippen LogP contribution in [0.25, 0.3) is 0 Å². The Bertz CT molecular complexity index is 860. The van der Waals surface area contributed by atoms with Crippen molar-refractivity contribution in [1.82, 2.24) is 10.3 Å². The number of methoxy groups -OCH3 is 1. The molecule has 1 aromatic heterocycles. The summed E-state index contributed by atoms with van der Waals surface area (Å²) in [5.41, 5.74) is -1.56. The van der Waals surface area contributed by atoms with E-state index in [-0.39, 0.29) is 30.3 Å². The zero-order valence-corrected chi connectivity index (χ0v) is 18.3. The number of para-hydroxylation sites is 1. The highest BCUT2D eigenvalue weighted by Gasteiger charge is 2.31. The summed E-state index contributed by atoms with van der Waals surface area (Å²) in [4.78, 5) is 28.3. The highest BCUT2D eigenvalue weighted by molar-refractivity contribution is 5.97. The molecule has 0 saturated carbocycles.